The van der Waals surface area contributed by atoms with Crippen LogP contribution in [0.25, 0.3) is 11.1 Å². The highest BCUT2D eigenvalue weighted by molar-refractivity contribution is 7.71. The van der Waals surface area contributed by atoms with Crippen molar-refractivity contribution in [1.82, 2.24) is 9.88 Å². The molecule has 5 nitrogen and oxygen atoms in total. The average molecular weight is 334 g/mol. The Morgan fingerprint density at radius 2 is 2.30 bits per heavy atom. The smallest absolute Gasteiger partial charge is 0.266 e. The summed E-state index contributed by atoms with van der Waals surface area (Å²) in [6.07, 6.45) is 4.21. The highest BCUT2D eigenvalue weighted by atomic mass is 32.1. The first-order chi connectivity index (χ1) is 11.2. The Morgan fingerprint density at radius 1 is 1.43 bits per heavy atom. The van der Waals surface area contributed by atoms with Crippen LogP contribution in [0.3, 0.4) is 0 Å². The van der Waals surface area contributed by atoms with Crippen LogP contribution in [0.4, 0.5) is 0 Å². The van der Waals surface area contributed by atoms with Crippen molar-refractivity contribution in [2.45, 2.75) is 38.7 Å². The number of rotatable bonds is 4. The Kier molecular flexibility index (Phi) is 5.13. The largest absolute Gasteiger partial charge is 0.429 e. The standard InChI is InChI=1S/C17H22N2O3S/c1-2-10-21-13-4-3-8-19(9-7-13)16(20)12-5-6-14-15(11-12)22-17(23)18-14/h5-6,11,13H,2-4,7-10H2,1H3,(H,18,23)/t13-/m0/s1. The molecule has 1 aliphatic rings. The van der Waals surface area contributed by atoms with Gasteiger partial charge in [0.2, 0.25) is 0 Å². The van der Waals surface area contributed by atoms with Crippen molar-refractivity contribution in [2.75, 3.05) is 19.7 Å². The summed E-state index contributed by atoms with van der Waals surface area (Å²) in [5, 5.41) is 0. The molecule has 6 heteroatoms. The minimum Gasteiger partial charge on any atom is -0.429 e. The predicted octanol–water partition coefficient (Wildman–Crippen LogP) is 3.91. The number of carbonyl (C=O) groups excluding carboxylic acids is 1. The molecular formula is C17H22N2O3S. The average Bonchev–Trinajstić information content (AvgIpc) is 2.77. The predicted molar refractivity (Wildman–Crippen MR) is 91.2 cm³/mol. The first-order valence-electron chi connectivity index (χ1n) is 8.21. The molecule has 1 N–H and O–H groups in total. The third kappa shape index (κ3) is 3.82. The summed E-state index contributed by atoms with van der Waals surface area (Å²) in [5.41, 5.74) is 2.08. The maximum Gasteiger partial charge on any atom is 0.266 e. The monoisotopic (exact) mass is 334 g/mol. The van der Waals surface area contributed by atoms with Gasteiger partial charge in [0.1, 0.15) is 0 Å². The third-order valence-electron chi connectivity index (χ3n) is 4.19. The Morgan fingerprint density at radius 3 is 3.13 bits per heavy atom. The van der Waals surface area contributed by atoms with Gasteiger partial charge in [0.15, 0.2) is 5.58 Å². The minimum atomic E-state index is 0.0466. The molecule has 0 saturated carbocycles. The lowest BCUT2D eigenvalue weighted by Gasteiger charge is -2.20. The molecule has 1 aromatic heterocycles. The highest BCUT2D eigenvalue weighted by Crippen LogP contribution is 2.20. The zero-order valence-corrected chi connectivity index (χ0v) is 14.2. The number of amides is 1. The van der Waals surface area contributed by atoms with Gasteiger partial charge in [0.05, 0.1) is 11.6 Å². The van der Waals surface area contributed by atoms with E-state index in [4.69, 9.17) is 21.4 Å². The van der Waals surface area contributed by atoms with E-state index in [1.165, 1.54) is 0 Å². The number of benzene rings is 1. The fourth-order valence-electron chi connectivity index (χ4n) is 2.98. The second-order valence-corrected chi connectivity index (χ2v) is 6.31. The van der Waals surface area contributed by atoms with Crippen LogP contribution in [0.2, 0.25) is 0 Å². The van der Waals surface area contributed by atoms with Gasteiger partial charge in [-0.2, -0.15) is 0 Å². The Hall–Kier alpha value is -1.66. The van der Waals surface area contributed by atoms with Crippen molar-refractivity contribution < 1.29 is 13.9 Å². The fraction of sp³-hybridized carbons (Fsp3) is 0.529. The summed E-state index contributed by atoms with van der Waals surface area (Å²) in [4.78, 5) is 17.9. The maximum atomic E-state index is 12.7. The maximum absolute atomic E-state index is 12.7. The molecule has 1 aliphatic heterocycles. The lowest BCUT2D eigenvalue weighted by molar-refractivity contribution is 0.0432. The van der Waals surface area contributed by atoms with Crippen molar-refractivity contribution in [3.05, 3.63) is 28.6 Å². The van der Waals surface area contributed by atoms with Gasteiger partial charge in [-0.25, -0.2) is 0 Å². The molecule has 0 bridgehead atoms. The van der Waals surface area contributed by atoms with Crippen LogP contribution in [0, 0.1) is 4.84 Å². The second kappa shape index (κ2) is 7.27. The zero-order chi connectivity index (χ0) is 16.2. The summed E-state index contributed by atoms with van der Waals surface area (Å²) >= 11 is 4.98. The molecule has 3 rings (SSSR count). The summed E-state index contributed by atoms with van der Waals surface area (Å²) in [6.45, 7) is 4.43. The highest BCUT2D eigenvalue weighted by Gasteiger charge is 2.22. The first-order valence-corrected chi connectivity index (χ1v) is 8.62. The number of hydrogen-bond acceptors (Lipinski definition) is 4. The number of fused-ring (bicyclic) bond motifs is 1. The van der Waals surface area contributed by atoms with E-state index in [1.54, 1.807) is 6.07 Å². The Balaban J connectivity index is 1.70. The van der Waals surface area contributed by atoms with Crippen LogP contribution in [-0.4, -0.2) is 41.6 Å². The summed E-state index contributed by atoms with van der Waals surface area (Å²) in [7, 11) is 0. The number of H-pyrrole nitrogens is 1. The summed E-state index contributed by atoms with van der Waals surface area (Å²) in [5.74, 6) is 0.0466. The molecule has 0 aliphatic carbocycles. The third-order valence-corrected chi connectivity index (χ3v) is 4.37. The molecule has 2 heterocycles. The van der Waals surface area contributed by atoms with Crippen LogP contribution in [0.5, 0.6) is 0 Å². The number of oxazole rings is 1. The van der Waals surface area contributed by atoms with Crippen molar-refractivity contribution in [2.24, 2.45) is 0 Å². The van der Waals surface area contributed by atoms with Crippen molar-refractivity contribution in [1.29, 1.82) is 0 Å². The van der Waals surface area contributed by atoms with E-state index in [9.17, 15) is 4.79 Å². The molecule has 0 unspecified atom stereocenters. The van der Waals surface area contributed by atoms with Gasteiger partial charge in [-0.15, -0.1) is 0 Å². The van der Waals surface area contributed by atoms with Crippen LogP contribution in [-0.2, 0) is 4.74 Å². The van der Waals surface area contributed by atoms with Gasteiger partial charge in [0.25, 0.3) is 10.7 Å². The van der Waals surface area contributed by atoms with Gasteiger partial charge in [-0.05, 0) is 56.1 Å². The van der Waals surface area contributed by atoms with Crippen LogP contribution in [0.15, 0.2) is 22.6 Å². The topological polar surface area (TPSA) is 58.5 Å². The fourth-order valence-corrected chi connectivity index (χ4v) is 3.18. The number of carbonyl (C=O) groups is 1. The van der Waals surface area contributed by atoms with E-state index in [2.05, 4.69) is 11.9 Å². The number of ether oxygens (including phenoxy) is 1. The second-order valence-electron chi connectivity index (χ2n) is 5.94. The Bertz CT molecular complexity index is 737. The molecular weight excluding hydrogens is 312 g/mol. The molecule has 1 fully saturated rings. The lowest BCUT2D eigenvalue weighted by Crippen LogP contribution is -2.32. The van der Waals surface area contributed by atoms with Crippen LogP contribution >= 0.6 is 12.2 Å². The first kappa shape index (κ1) is 16.2. The lowest BCUT2D eigenvalue weighted by atomic mass is 10.1. The van der Waals surface area contributed by atoms with E-state index >= 15 is 0 Å². The molecule has 1 aromatic carbocycles. The summed E-state index contributed by atoms with van der Waals surface area (Å²) in [6, 6.07) is 5.42. The van der Waals surface area contributed by atoms with Gasteiger partial charge in [-0.1, -0.05) is 6.92 Å². The number of aromatic amines is 1. The molecule has 0 spiro atoms. The SMILES string of the molecule is CCCO[C@H]1CCCN(C(=O)c2ccc3[nH]c(=S)oc3c2)CC1. The molecule has 1 amide bonds. The van der Waals surface area contributed by atoms with Gasteiger partial charge in [-0.3, -0.25) is 4.79 Å². The number of likely N-dealkylation sites (tertiary alicyclic amines) is 1. The molecule has 1 saturated heterocycles. The van der Waals surface area contributed by atoms with Gasteiger partial charge >= 0.3 is 0 Å². The van der Waals surface area contributed by atoms with E-state index in [0.717, 1.165) is 50.9 Å². The normalized spacial score (nSPS) is 19.0. The summed E-state index contributed by atoms with van der Waals surface area (Å²) < 4.78 is 11.2. The van der Waals surface area contributed by atoms with Gasteiger partial charge in [0, 0.05) is 25.3 Å². The number of nitrogens with one attached hydrogen (secondary N) is 1. The Labute approximate surface area is 140 Å². The van der Waals surface area contributed by atoms with E-state index in [0.29, 0.717) is 16.0 Å². The van der Waals surface area contributed by atoms with Crippen molar-refractivity contribution in [3.63, 3.8) is 0 Å². The van der Waals surface area contributed by atoms with Crippen LogP contribution in [0.1, 0.15) is 43.0 Å². The molecule has 124 valence electrons. The zero-order valence-electron chi connectivity index (χ0n) is 13.3. The van der Waals surface area contributed by atoms with Gasteiger partial charge < -0.3 is 19.0 Å². The number of hydrogen-bond donors (Lipinski definition) is 1. The van der Waals surface area contributed by atoms with Crippen LogP contribution < -0.4 is 0 Å². The quantitative estimate of drug-likeness (QED) is 0.861. The van der Waals surface area contributed by atoms with E-state index in [1.807, 2.05) is 17.0 Å². The molecule has 1 atom stereocenters. The molecule has 23 heavy (non-hydrogen) atoms. The minimum absolute atomic E-state index is 0.0466. The molecule has 0 radical (unpaired) electrons. The van der Waals surface area contributed by atoms with Crippen molar-refractivity contribution >= 4 is 29.2 Å². The van der Waals surface area contributed by atoms with E-state index < -0.39 is 0 Å². The number of aromatic nitrogens is 1. The molecule has 2 aromatic rings. The van der Waals surface area contributed by atoms with E-state index in [-0.39, 0.29) is 12.0 Å². The number of nitrogens with zero attached hydrogens (tertiary/aromatic N) is 1. The van der Waals surface area contributed by atoms with Crippen molar-refractivity contribution in [3.8, 4) is 0 Å².